The van der Waals surface area contributed by atoms with Gasteiger partial charge in [0.1, 0.15) is 5.76 Å². The third-order valence-electron chi connectivity index (χ3n) is 3.65. The molecule has 1 aromatic carbocycles. The number of nitrogens with one attached hydrogen (secondary N) is 1. The Morgan fingerprint density at radius 3 is 2.86 bits per heavy atom. The first-order chi connectivity index (χ1) is 14.1. The highest BCUT2D eigenvalue weighted by molar-refractivity contribution is 8.01. The normalized spacial score (nSPS) is 11.2. The number of thiazole rings is 1. The number of nitrogens with zero attached hydrogens (tertiary/aromatic N) is 4. The van der Waals surface area contributed by atoms with Gasteiger partial charge in [0.05, 0.1) is 21.4 Å². The van der Waals surface area contributed by atoms with Crippen LogP contribution in [0, 0.1) is 10.1 Å². The molecule has 3 aromatic heterocycles. The molecule has 29 heavy (non-hydrogen) atoms. The maximum absolute atomic E-state index is 11.9. The lowest BCUT2D eigenvalue weighted by atomic mass is 10.3. The van der Waals surface area contributed by atoms with Crippen LogP contribution in [0.2, 0.25) is 0 Å². The number of fused-ring (bicyclic) bond motifs is 1. The number of hydrazone groups is 1. The van der Waals surface area contributed by atoms with Gasteiger partial charge in [0, 0.05) is 30.1 Å². The first kappa shape index (κ1) is 18.8. The SMILES string of the molecule is O=C(N/N=C/c1ccc(Sc2nc3ccc([N+](=O)[O-])cc3s2)o1)c1ccncc1. The van der Waals surface area contributed by atoms with Crippen LogP contribution in [0.3, 0.4) is 0 Å². The molecule has 4 rings (SSSR count). The largest absolute Gasteiger partial charge is 0.448 e. The van der Waals surface area contributed by atoms with Crippen molar-refractivity contribution >= 4 is 51.1 Å². The smallest absolute Gasteiger partial charge is 0.271 e. The summed E-state index contributed by atoms with van der Waals surface area (Å²) in [6, 6.07) is 11.2. The fourth-order valence-electron chi connectivity index (χ4n) is 2.32. The molecule has 0 aliphatic rings. The molecule has 3 heterocycles. The van der Waals surface area contributed by atoms with Gasteiger partial charge in [-0.25, -0.2) is 10.4 Å². The quantitative estimate of drug-likeness (QED) is 0.280. The van der Waals surface area contributed by atoms with Crippen molar-refractivity contribution in [2.45, 2.75) is 9.43 Å². The van der Waals surface area contributed by atoms with Crippen LogP contribution in [0.4, 0.5) is 5.69 Å². The highest BCUT2D eigenvalue weighted by Gasteiger charge is 2.12. The van der Waals surface area contributed by atoms with E-state index in [0.29, 0.717) is 26.3 Å². The van der Waals surface area contributed by atoms with E-state index < -0.39 is 4.92 Å². The lowest BCUT2D eigenvalue weighted by Gasteiger charge is -1.97. The summed E-state index contributed by atoms with van der Waals surface area (Å²) in [5.74, 6) is 0.104. The average Bonchev–Trinajstić information content (AvgIpc) is 3.34. The van der Waals surface area contributed by atoms with Crippen molar-refractivity contribution in [3.63, 3.8) is 0 Å². The van der Waals surface area contributed by atoms with Crippen molar-refractivity contribution in [3.8, 4) is 0 Å². The zero-order valence-electron chi connectivity index (χ0n) is 14.5. The molecule has 0 aliphatic carbocycles. The van der Waals surface area contributed by atoms with Gasteiger partial charge in [-0.3, -0.25) is 19.9 Å². The number of furan rings is 1. The summed E-state index contributed by atoms with van der Waals surface area (Å²) in [6.45, 7) is 0. The summed E-state index contributed by atoms with van der Waals surface area (Å²) < 4.78 is 7.07. The van der Waals surface area contributed by atoms with E-state index in [9.17, 15) is 14.9 Å². The van der Waals surface area contributed by atoms with Gasteiger partial charge in [-0.2, -0.15) is 5.10 Å². The molecular weight excluding hydrogens is 414 g/mol. The molecule has 0 fully saturated rings. The van der Waals surface area contributed by atoms with Gasteiger partial charge in [-0.05, 0) is 42.1 Å². The van der Waals surface area contributed by atoms with Crippen LogP contribution in [0.1, 0.15) is 16.1 Å². The van der Waals surface area contributed by atoms with E-state index in [4.69, 9.17) is 4.42 Å². The molecule has 0 aliphatic heterocycles. The second-order valence-corrected chi connectivity index (χ2v) is 7.87. The molecule has 0 unspecified atom stereocenters. The predicted molar refractivity (Wildman–Crippen MR) is 108 cm³/mol. The van der Waals surface area contributed by atoms with Gasteiger partial charge < -0.3 is 4.42 Å². The van der Waals surface area contributed by atoms with Crippen molar-refractivity contribution < 1.29 is 14.1 Å². The maximum Gasteiger partial charge on any atom is 0.271 e. The third kappa shape index (κ3) is 4.47. The summed E-state index contributed by atoms with van der Waals surface area (Å²) in [6.07, 6.45) is 4.44. The van der Waals surface area contributed by atoms with Crippen molar-refractivity contribution in [2.75, 3.05) is 0 Å². The maximum atomic E-state index is 11.9. The molecule has 4 aromatic rings. The topological polar surface area (TPSA) is 124 Å². The number of carbonyl (C=O) groups is 1. The number of carbonyl (C=O) groups excluding carboxylic acids is 1. The second kappa shape index (κ2) is 8.20. The molecule has 0 saturated carbocycles. The number of nitro groups is 1. The summed E-state index contributed by atoms with van der Waals surface area (Å²) >= 11 is 2.64. The zero-order valence-corrected chi connectivity index (χ0v) is 16.1. The Morgan fingerprint density at radius 2 is 2.07 bits per heavy atom. The molecule has 144 valence electrons. The number of benzene rings is 1. The standard InChI is InChI=1S/C18H11N5O4S2/c24-17(11-5-7-19-8-6-11)22-20-10-13-2-4-16(27-13)29-18-21-14-3-1-12(23(25)26)9-15(14)28-18/h1-10H,(H,22,24)/b20-10+. The van der Waals surface area contributed by atoms with Gasteiger partial charge in [0.15, 0.2) is 9.43 Å². The van der Waals surface area contributed by atoms with Gasteiger partial charge in [-0.1, -0.05) is 0 Å². The molecule has 11 heteroatoms. The first-order valence-electron chi connectivity index (χ1n) is 8.14. The predicted octanol–water partition coefficient (Wildman–Crippen LogP) is 4.11. The van der Waals surface area contributed by atoms with Gasteiger partial charge in [0.2, 0.25) is 0 Å². The number of nitro benzene ring substituents is 1. The number of amides is 1. The van der Waals surface area contributed by atoms with Crippen LogP contribution in [0.15, 0.2) is 73.8 Å². The van der Waals surface area contributed by atoms with Crippen LogP contribution in [0.5, 0.6) is 0 Å². The van der Waals surface area contributed by atoms with Crippen LogP contribution < -0.4 is 5.43 Å². The molecule has 0 spiro atoms. The number of rotatable bonds is 6. The number of non-ortho nitro benzene ring substituents is 1. The van der Waals surface area contributed by atoms with E-state index in [1.54, 1.807) is 30.3 Å². The molecule has 0 atom stereocenters. The van der Waals surface area contributed by atoms with Gasteiger partial charge in [0.25, 0.3) is 11.6 Å². The zero-order chi connectivity index (χ0) is 20.2. The summed E-state index contributed by atoms with van der Waals surface area (Å²) in [5.41, 5.74) is 3.58. The Bertz CT molecular complexity index is 1220. The van der Waals surface area contributed by atoms with Gasteiger partial charge >= 0.3 is 0 Å². The van der Waals surface area contributed by atoms with Gasteiger partial charge in [-0.15, -0.1) is 11.3 Å². The third-order valence-corrected chi connectivity index (χ3v) is 5.65. The molecular formula is C18H11N5O4S2. The van der Waals surface area contributed by atoms with Crippen molar-refractivity contribution in [1.29, 1.82) is 0 Å². The number of pyridine rings is 1. The Balaban J connectivity index is 1.41. The first-order valence-corrected chi connectivity index (χ1v) is 9.78. The van der Waals surface area contributed by atoms with E-state index >= 15 is 0 Å². The summed E-state index contributed by atoms with van der Waals surface area (Å²) in [4.78, 5) is 30.6. The second-order valence-electron chi connectivity index (χ2n) is 5.58. The Labute approximate surface area is 171 Å². The fraction of sp³-hybridized carbons (Fsp3) is 0. The molecule has 0 saturated heterocycles. The van der Waals surface area contributed by atoms with Crippen molar-refractivity contribution in [2.24, 2.45) is 5.10 Å². The lowest BCUT2D eigenvalue weighted by Crippen LogP contribution is -2.17. The van der Waals surface area contributed by atoms with E-state index in [1.165, 1.54) is 53.8 Å². The lowest BCUT2D eigenvalue weighted by molar-refractivity contribution is -0.384. The minimum absolute atomic E-state index is 0.0306. The summed E-state index contributed by atoms with van der Waals surface area (Å²) in [5, 5.41) is 15.3. The summed E-state index contributed by atoms with van der Waals surface area (Å²) in [7, 11) is 0. The molecule has 9 nitrogen and oxygen atoms in total. The van der Waals surface area contributed by atoms with Crippen LogP contribution >= 0.6 is 23.1 Å². The van der Waals surface area contributed by atoms with E-state index in [0.717, 1.165) is 4.70 Å². The minimum atomic E-state index is -0.433. The molecule has 0 bridgehead atoms. The minimum Gasteiger partial charge on any atom is -0.448 e. The Hall–Kier alpha value is -3.57. The molecule has 1 amide bonds. The van der Waals surface area contributed by atoms with E-state index in [2.05, 4.69) is 20.5 Å². The Kier molecular flexibility index (Phi) is 5.31. The fourth-order valence-corrected chi connectivity index (χ4v) is 4.32. The van der Waals surface area contributed by atoms with E-state index in [-0.39, 0.29) is 11.6 Å². The highest BCUT2D eigenvalue weighted by Crippen LogP contribution is 2.36. The van der Waals surface area contributed by atoms with Crippen LogP contribution in [-0.2, 0) is 0 Å². The van der Waals surface area contributed by atoms with Crippen LogP contribution in [-0.4, -0.2) is 27.0 Å². The molecule has 1 N–H and O–H groups in total. The van der Waals surface area contributed by atoms with Crippen molar-refractivity contribution in [3.05, 3.63) is 76.3 Å². The number of hydrogen-bond donors (Lipinski definition) is 1. The number of aromatic nitrogens is 2. The van der Waals surface area contributed by atoms with E-state index in [1.807, 2.05) is 0 Å². The average molecular weight is 425 g/mol. The Morgan fingerprint density at radius 1 is 1.24 bits per heavy atom. The number of hydrogen-bond acceptors (Lipinski definition) is 9. The molecule has 0 radical (unpaired) electrons. The van der Waals surface area contributed by atoms with Crippen molar-refractivity contribution in [1.82, 2.24) is 15.4 Å². The monoisotopic (exact) mass is 425 g/mol. The highest BCUT2D eigenvalue weighted by atomic mass is 32.2. The van der Waals surface area contributed by atoms with Crippen LogP contribution in [0.25, 0.3) is 10.2 Å².